The van der Waals surface area contributed by atoms with Gasteiger partial charge in [0.15, 0.2) is 5.13 Å². The topological polar surface area (TPSA) is 101 Å². The van der Waals surface area contributed by atoms with Crippen LogP contribution in [0.25, 0.3) is 10.2 Å². The predicted molar refractivity (Wildman–Crippen MR) is 119 cm³/mol. The maximum Gasteiger partial charge on any atom is 0.257 e. The summed E-state index contributed by atoms with van der Waals surface area (Å²) >= 11 is 1.33. The van der Waals surface area contributed by atoms with Gasteiger partial charge in [-0.1, -0.05) is 29.5 Å². The third-order valence-corrected chi connectivity index (χ3v) is 5.79. The van der Waals surface area contributed by atoms with Crippen LogP contribution < -0.4 is 10.6 Å². The molecule has 1 aliphatic heterocycles. The largest absolute Gasteiger partial charge is 0.378 e. The second-order valence-corrected chi connectivity index (χ2v) is 8.09. The Bertz CT molecular complexity index is 1090. The molecule has 3 amide bonds. The fraction of sp³-hybridized carbons (Fsp3) is 0.273. The summed E-state index contributed by atoms with van der Waals surface area (Å²) in [5.74, 6) is -0.476. The highest BCUT2D eigenvalue weighted by Crippen LogP contribution is 2.28. The first-order chi connectivity index (χ1) is 15.1. The number of carbonyl (C=O) groups is 3. The van der Waals surface area contributed by atoms with Crippen LogP contribution in [0.15, 0.2) is 48.5 Å². The van der Waals surface area contributed by atoms with E-state index in [2.05, 4.69) is 15.6 Å². The fourth-order valence-corrected chi connectivity index (χ4v) is 4.13. The van der Waals surface area contributed by atoms with Crippen LogP contribution in [-0.2, 0) is 14.3 Å². The van der Waals surface area contributed by atoms with E-state index in [4.69, 9.17) is 4.74 Å². The lowest BCUT2D eigenvalue weighted by Gasteiger charge is -2.26. The molecule has 2 N–H and O–H groups in total. The molecule has 2 heterocycles. The van der Waals surface area contributed by atoms with E-state index in [1.807, 2.05) is 12.1 Å². The first kappa shape index (κ1) is 21.0. The number of carbonyl (C=O) groups excluding carboxylic acids is 3. The van der Waals surface area contributed by atoms with Gasteiger partial charge in [0.1, 0.15) is 0 Å². The Labute approximate surface area is 183 Å². The highest BCUT2D eigenvalue weighted by Gasteiger charge is 2.18. The van der Waals surface area contributed by atoms with E-state index >= 15 is 0 Å². The van der Waals surface area contributed by atoms with Crippen LogP contribution in [0.3, 0.4) is 0 Å². The first-order valence-corrected chi connectivity index (χ1v) is 10.8. The van der Waals surface area contributed by atoms with Crippen LogP contribution in [0, 0.1) is 0 Å². The summed E-state index contributed by atoms with van der Waals surface area (Å²) in [6, 6.07) is 14.3. The number of nitrogens with zero attached hydrogens (tertiary/aromatic N) is 2. The Morgan fingerprint density at radius 2 is 1.77 bits per heavy atom. The Hall–Kier alpha value is -3.30. The SMILES string of the molecule is O=C(CCC(=O)N1CCOCC1)Nc1ccc2nc(NC(=O)c3ccccc3)sc2c1. The molecule has 9 heteroatoms. The molecule has 31 heavy (non-hydrogen) atoms. The molecule has 1 saturated heterocycles. The van der Waals surface area contributed by atoms with Gasteiger partial charge in [-0.25, -0.2) is 4.98 Å². The number of rotatable bonds is 6. The summed E-state index contributed by atoms with van der Waals surface area (Å²) in [7, 11) is 0. The molecule has 3 aromatic rings. The van der Waals surface area contributed by atoms with Crippen molar-refractivity contribution in [3.8, 4) is 0 Å². The smallest absolute Gasteiger partial charge is 0.257 e. The van der Waals surface area contributed by atoms with Crippen molar-refractivity contribution in [1.82, 2.24) is 9.88 Å². The predicted octanol–water partition coefficient (Wildman–Crippen LogP) is 3.13. The number of benzene rings is 2. The zero-order valence-corrected chi connectivity index (χ0v) is 17.6. The number of morpholine rings is 1. The quantitative estimate of drug-likeness (QED) is 0.616. The fourth-order valence-electron chi connectivity index (χ4n) is 3.23. The van der Waals surface area contributed by atoms with Crippen molar-refractivity contribution in [2.45, 2.75) is 12.8 Å². The molecule has 0 spiro atoms. The number of aromatic nitrogens is 1. The van der Waals surface area contributed by atoms with Gasteiger partial charge in [0.05, 0.1) is 23.4 Å². The molecular formula is C22H22N4O4S. The lowest BCUT2D eigenvalue weighted by molar-refractivity contribution is -0.136. The van der Waals surface area contributed by atoms with E-state index in [-0.39, 0.29) is 30.6 Å². The molecule has 2 aromatic carbocycles. The van der Waals surface area contributed by atoms with Gasteiger partial charge in [-0.05, 0) is 30.3 Å². The number of anilines is 2. The lowest BCUT2D eigenvalue weighted by Crippen LogP contribution is -2.40. The summed E-state index contributed by atoms with van der Waals surface area (Å²) in [6.45, 7) is 2.23. The Kier molecular flexibility index (Phi) is 6.54. The summed E-state index contributed by atoms with van der Waals surface area (Å²) in [4.78, 5) is 42.9. The highest BCUT2D eigenvalue weighted by molar-refractivity contribution is 7.22. The van der Waals surface area contributed by atoms with E-state index in [0.29, 0.717) is 42.7 Å². The van der Waals surface area contributed by atoms with E-state index in [0.717, 1.165) is 10.2 Å². The van der Waals surface area contributed by atoms with Gasteiger partial charge in [0.25, 0.3) is 5.91 Å². The van der Waals surface area contributed by atoms with Crippen molar-refractivity contribution in [2.75, 3.05) is 36.9 Å². The van der Waals surface area contributed by atoms with Gasteiger partial charge in [0, 0.05) is 37.2 Å². The zero-order valence-electron chi connectivity index (χ0n) is 16.8. The lowest BCUT2D eigenvalue weighted by atomic mass is 10.2. The van der Waals surface area contributed by atoms with E-state index < -0.39 is 0 Å². The minimum atomic E-state index is -0.224. The van der Waals surface area contributed by atoms with Gasteiger partial charge in [-0.15, -0.1) is 0 Å². The molecule has 0 atom stereocenters. The molecule has 4 rings (SSSR count). The molecule has 1 fully saturated rings. The molecule has 0 aliphatic carbocycles. The summed E-state index contributed by atoms with van der Waals surface area (Å²) in [5.41, 5.74) is 1.91. The monoisotopic (exact) mass is 438 g/mol. The number of ether oxygens (including phenoxy) is 1. The molecular weight excluding hydrogens is 416 g/mol. The van der Waals surface area contributed by atoms with Crippen LogP contribution in [-0.4, -0.2) is 53.9 Å². The van der Waals surface area contributed by atoms with Crippen molar-refractivity contribution in [3.05, 3.63) is 54.1 Å². The van der Waals surface area contributed by atoms with Gasteiger partial charge < -0.3 is 15.0 Å². The number of fused-ring (bicyclic) bond motifs is 1. The van der Waals surface area contributed by atoms with Crippen LogP contribution in [0.2, 0.25) is 0 Å². The number of nitrogens with one attached hydrogen (secondary N) is 2. The van der Waals surface area contributed by atoms with Crippen molar-refractivity contribution >= 4 is 50.1 Å². The molecule has 160 valence electrons. The number of hydrogen-bond acceptors (Lipinski definition) is 6. The molecule has 0 unspecified atom stereocenters. The maximum absolute atomic E-state index is 12.3. The van der Waals surface area contributed by atoms with E-state index in [9.17, 15) is 14.4 Å². The minimum Gasteiger partial charge on any atom is -0.378 e. The average molecular weight is 439 g/mol. The average Bonchev–Trinajstić information content (AvgIpc) is 3.20. The summed E-state index contributed by atoms with van der Waals surface area (Å²) < 4.78 is 6.07. The molecule has 0 bridgehead atoms. The molecule has 1 aromatic heterocycles. The molecule has 1 aliphatic rings. The van der Waals surface area contributed by atoms with Gasteiger partial charge in [-0.3, -0.25) is 19.7 Å². The number of amides is 3. The van der Waals surface area contributed by atoms with E-state index in [1.165, 1.54) is 11.3 Å². The number of hydrogen-bond donors (Lipinski definition) is 2. The van der Waals surface area contributed by atoms with Crippen molar-refractivity contribution in [2.24, 2.45) is 0 Å². The zero-order chi connectivity index (χ0) is 21.6. The van der Waals surface area contributed by atoms with Crippen LogP contribution in [0.1, 0.15) is 23.2 Å². The van der Waals surface area contributed by atoms with Crippen LogP contribution >= 0.6 is 11.3 Å². The first-order valence-electron chi connectivity index (χ1n) is 10.0. The second kappa shape index (κ2) is 9.67. The highest BCUT2D eigenvalue weighted by atomic mass is 32.1. The Morgan fingerprint density at radius 3 is 2.55 bits per heavy atom. The van der Waals surface area contributed by atoms with Gasteiger partial charge >= 0.3 is 0 Å². The third kappa shape index (κ3) is 5.44. The Balaban J connectivity index is 1.33. The van der Waals surface area contributed by atoms with Crippen LogP contribution in [0.4, 0.5) is 10.8 Å². The molecule has 8 nitrogen and oxygen atoms in total. The van der Waals surface area contributed by atoms with Gasteiger partial charge in [0.2, 0.25) is 11.8 Å². The van der Waals surface area contributed by atoms with Crippen LogP contribution in [0.5, 0.6) is 0 Å². The van der Waals surface area contributed by atoms with Crippen molar-refractivity contribution < 1.29 is 19.1 Å². The Morgan fingerprint density at radius 1 is 1.00 bits per heavy atom. The third-order valence-electron chi connectivity index (χ3n) is 4.86. The molecule has 0 saturated carbocycles. The van der Waals surface area contributed by atoms with Crippen molar-refractivity contribution in [3.63, 3.8) is 0 Å². The summed E-state index contributed by atoms with van der Waals surface area (Å²) in [5, 5.41) is 6.12. The minimum absolute atomic E-state index is 0.0323. The normalized spacial score (nSPS) is 13.7. The summed E-state index contributed by atoms with van der Waals surface area (Å²) in [6.07, 6.45) is 0.291. The maximum atomic E-state index is 12.3. The standard InChI is InChI=1S/C22H22N4O4S/c27-19(8-9-20(28)26-10-12-30-13-11-26)23-16-6-7-17-18(14-16)31-22(24-17)25-21(29)15-4-2-1-3-5-15/h1-7,14H,8-13H2,(H,23,27)(H,24,25,29). The molecule has 0 radical (unpaired) electrons. The second-order valence-electron chi connectivity index (χ2n) is 7.06. The van der Waals surface area contributed by atoms with Crippen molar-refractivity contribution in [1.29, 1.82) is 0 Å². The van der Waals surface area contributed by atoms with Gasteiger partial charge in [-0.2, -0.15) is 0 Å². The van der Waals surface area contributed by atoms with E-state index in [1.54, 1.807) is 41.3 Å². The number of thiazole rings is 1.